The maximum Gasteiger partial charge on any atom is 0.220 e. The highest BCUT2D eigenvalue weighted by Gasteiger charge is 2.24. The van der Waals surface area contributed by atoms with Gasteiger partial charge in [-0.25, -0.2) is 0 Å². The number of likely N-dealkylation sites (N-methyl/N-ethyl adjacent to an activating group) is 1. The van der Waals surface area contributed by atoms with Crippen molar-refractivity contribution in [1.82, 2.24) is 14.8 Å². The minimum Gasteiger partial charge on any atom is -0.355 e. The molecule has 2 aromatic rings. The third kappa shape index (κ3) is 5.12. The van der Waals surface area contributed by atoms with Gasteiger partial charge in [0.1, 0.15) is 0 Å². The molecule has 0 bridgehead atoms. The molecule has 1 amide bonds. The second-order valence-corrected chi connectivity index (χ2v) is 7.50. The molecule has 1 aliphatic heterocycles. The predicted octanol–water partition coefficient (Wildman–Crippen LogP) is 3.92. The lowest BCUT2D eigenvalue weighted by atomic mass is 9.95. The van der Waals surface area contributed by atoms with E-state index < -0.39 is 0 Å². The fraction of sp³-hybridized carbons (Fsp3) is 0.476. The van der Waals surface area contributed by atoms with Crippen LogP contribution in [-0.4, -0.2) is 41.1 Å². The minimum absolute atomic E-state index is 0.125. The van der Waals surface area contributed by atoms with Crippen molar-refractivity contribution in [2.75, 3.05) is 19.6 Å². The standard InChI is InChI=1S/C21H28ClN3O/c1-2-25-13-5-6-20(25)15-23-21(26)14-18(16-24-11-3-4-12-24)17-7-9-19(22)10-8-17/h3-4,7-12,18,20H,2,5-6,13-16H2,1H3,(H,23,26)/t18-,20-/m0/s1. The summed E-state index contributed by atoms with van der Waals surface area (Å²) in [5, 5.41) is 3.89. The van der Waals surface area contributed by atoms with Gasteiger partial charge in [-0.2, -0.15) is 0 Å². The number of rotatable bonds is 8. The van der Waals surface area contributed by atoms with Gasteiger partial charge in [0.2, 0.25) is 5.91 Å². The molecule has 140 valence electrons. The first-order valence-electron chi connectivity index (χ1n) is 9.52. The average molecular weight is 374 g/mol. The van der Waals surface area contributed by atoms with E-state index in [1.165, 1.54) is 12.8 Å². The zero-order valence-corrected chi connectivity index (χ0v) is 16.2. The number of aromatic nitrogens is 1. The molecular weight excluding hydrogens is 346 g/mol. The Kier molecular flexibility index (Phi) is 6.75. The molecule has 4 nitrogen and oxygen atoms in total. The third-order valence-electron chi connectivity index (χ3n) is 5.31. The van der Waals surface area contributed by atoms with E-state index in [2.05, 4.69) is 21.7 Å². The predicted molar refractivity (Wildman–Crippen MR) is 107 cm³/mol. The van der Waals surface area contributed by atoms with Gasteiger partial charge < -0.3 is 9.88 Å². The van der Waals surface area contributed by atoms with Crippen LogP contribution in [0.5, 0.6) is 0 Å². The number of halogens is 1. The first-order valence-corrected chi connectivity index (χ1v) is 9.90. The molecule has 1 saturated heterocycles. The number of hydrogen-bond donors (Lipinski definition) is 1. The molecule has 0 unspecified atom stereocenters. The summed E-state index contributed by atoms with van der Waals surface area (Å²) in [6, 6.07) is 12.4. The van der Waals surface area contributed by atoms with E-state index in [0.29, 0.717) is 12.5 Å². The van der Waals surface area contributed by atoms with Crippen LogP contribution in [0.1, 0.15) is 37.7 Å². The van der Waals surface area contributed by atoms with Crippen LogP contribution in [0.3, 0.4) is 0 Å². The van der Waals surface area contributed by atoms with Crippen LogP contribution in [0.2, 0.25) is 5.02 Å². The molecule has 0 radical (unpaired) electrons. The number of likely N-dealkylation sites (tertiary alicyclic amines) is 1. The van der Waals surface area contributed by atoms with E-state index in [-0.39, 0.29) is 11.8 Å². The van der Waals surface area contributed by atoms with E-state index in [4.69, 9.17) is 11.6 Å². The summed E-state index contributed by atoms with van der Waals surface area (Å²) in [6.07, 6.45) is 6.98. The second kappa shape index (κ2) is 9.24. The van der Waals surface area contributed by atoms with Gasteiger partial charge in [-0.15, -0.1) is 0 Å². The first kappa shape index (κ1) is 19.0. The number of benzene rings is 1. The van der Waals surface area contributed by atoms with Crippen molar-refractivity contribution in [3.8, 4) is 0 Å². The average Bonchev–Trinajstić information content (AvgIpc) is 3.31. The zero-order valence-electron chi connectivity index (χ0n) is 15.4. The zero-order chi connectivity index (χ0) is 18.4. The van der Waals surface area contributed by atoms with Crippen LogP contribution in [0.15, 0.2) is 48.8 Å². The van der Waals surface area contributed by atoms with Crippen molar-refractivity contribution in [2.45, 2.75) is 44.7 Å². The van der Waals surface area contributed by atoms with Gasteiger partial charge in [0, 0.05) is 48.9 Å². The SMILES string of the molecule is CCN1CCC[C@H]1CNC(=O)C[C@@H](Cn1cccc1)c1ccc(Cl)cc1. The van der Waals surface area contributed by atoms with Crippen LogP contribution >= 0.6 is 11.6 Å². The summed E-state index contributed by atoms with van der Waals surface area (Å²) in [4.78, 5) is 15.1. The number of carbonyl (C=O) groups is 1. The monoisotopic (exact) mass is 373 g/mol. The van der Waals surface area contributed by atoms with Crippen molar-refractivity contribution in [1.29, 1.82) is 0 Å². The Morgan fingerprint density at radius 2 is 2.00 bits per heavy atom. The van der Waals surface area contributed by atoms with Crippen LogP contribution < -0.4 is 5.32 Å². The molecule has 2 atom stereocenters. The molecule has 5 heteroatoms. The molecule has 1 N–H and O–H groups in total. The maximum absolute atomic E-state index is 12.6. The molecule has 1 fully saturated rings. The molecule has 0 saturated carbocycles. The minimum atomic E-state index is 0.125. The lowest BCUT2D eigenvalue weighted by Crippen LogP contribution is -2.40. The van der Waals surface area contributed by atoms with Gasteiger partial charge >= 0.3 is 0 Å². The van der Waals surface area contributed by atoms with E-state index in [1.54, 1.807) is 0 Å². The molecule has 1 aromatic carbocycles. The van der Waals surface area contributed by atoms with Crippen LogP contribution in [0, 0.1) is 0 Å². The van der Waals surface area contributed by atoms with E-state index in [0.717, 1.165) is 36.8 Å². The van der Waals surface area contributed by atoms with Gasteiger partial charge in [-0.1, -0.05) is 30.7 Å². The number of nitrogens with zero attached hydrogens (tertiary/aromatic N) is 2. The molecule has 0 aliphatic carbocycles. The second-order valence-electron chi connectivity index (χ2n) is 7.06. The van der Waals surface area contributed by atoms with Gasteiger partial charge in [-0.3, -0.25) is 9.69 Å². The topological polar surface area (TPSA) is 37.3 Å². The summed E-state index contributed by atoms with van der Waals surface area (Å²) in [6.45, 7) is 5.93. The van der Waals surface area contributed by atoms with Gasteiger partial charge in [0.15, 0.2) is 0 Å². The summed E-state index contributed by atoms with van der Waals surface area (Å²) < 4.78 is 2.13. The normalized spacial score (nSPS) is 18.8. The fourth-order valence-electron chi connectivity index (χ4n) is 3.84. The molecule has 0 spiro atoms. The quantitative estimate of drug-likeness (QED) is 0.761. The number of hydrogen-bond acceptors (Lipinski definition) is 2. The maximum atomic E-state index is 12.6. The Bertz CT molecular complexity index is 684. The van der Waals surface area contributed by atoms with Crippen LogP contribution in [-0.2, 0) is 11.3 Å². The Hall–Kier alpha value is -1.78. The van der Waals surface area contributed by atoms with E-state index >= 15 is 0 Å². The van der Waals surface area contributed by atoms with Crippen LogP contribution in [0.25, 0.3) is 0 Å². The van der Waals surface area contributed by atoms with Crippen molar-refractivity contribution in [2.24, 2.45) is 0 Å². The molecule has 1 aliphatic rings. The van der Waals surface area contributed by atoms with Crippen molar-refractivity contribution < 1.29 is 4.79 Å². The number of nitrogens with one attached hydrogen (secondary N) is 1. The molecule has 1 aromatic heterocycles. The van der Waals surface area contributed by atoms with Crippen molar-refractivity contribution >= 4 is 17.5 Å². The number of amides is 1. The Morgan fingerprint density at radius 1 is 1.27 bits per heavy atom. The smallest absolute Gasteiger partial charge is 0.220 e. The van der Waals surface area contributed by atoms with E-state index in [1.807, 2.05) is 48.8 Å². The van der Waals surface area contributed by atoms with Crippen molar-refractivity contribution in [3.63, 3.8) is 0 Å². The van der Waals surface area contributed by atoms with Gasteiger partial charge in [-0.05, 0) is 55.8 Å². The Balaban J connectivity index is 1.61. The van der Waals surface area contributed by atoms with Crippen LogP contribution in [0.4, 0.5) is 0 Å². The molecular formula is C21H28ClN3O. The third-order valence-corrected chi connectivity index (χ3v) is 5.56. The highest BCUT2D eigenvalue weighted by Crippen LogP contribution is 2.24. The number of carbonyl (C=O) groups excluding carboxylic acids is 1. The molecule has 2 heterocycles. The molecule has 3 rings (SSSR count). The van der Waals surface area contributed by atoms with E-state index in [9.17, 15) is 4.79 Å². The summed E-state index contributed by atoms with van der Waals surface area (Å²) >= 11 is 6.03. The van der Waals surface area contributed by atoms with Gasteiger partial charge in [0.05, 0.1) is 0 Å². The summed E-state index contributed by atoms with van der Waals surface area (Å²) in [5.74, 6) is 0.255. The lowest BCUT2D eigenvalue weighted by molar-refractivity contribution is -0.121. The highest BCUT2D eigenvalue weighted by atomic mass is 35.5. The molecule has 26 heavy (non-hydrogen) atoms. The lowest BCUT2D eigenvalue weighted by Gasteiger charge is -2.24. The highest BCUT2D eigenvalue weighted by molar-refractivity contribution is 6.30. The summed E-state index contributed by atoms with van der Waals surface area (Å²) in [7, 11) is 0. The van der Waals surface area contributed by atoms with Gasteiger partial charge in [0.25, 0.3) is 0 Å². The Morgan fingerprint density at radius 3 is 2.69 bits per heavy atom. The van der Waals surface area contributed by atoms with Crippen molar-refractivity contribution in [3.05, 3.63) is 59.4 Å². The largest absolute Gasteiger partial charge is 0.355 e. The Labute approximate surface area is 161 Å². The summed E-state index contributed by atoms with van der Waals surface area (Å²) in [5.41, 5.74) is 1.15. The first-order chi connectivity index (χ1) is 12.7. The fourth-order valence-corrected chi connectivity index (χ4v) is 3.97.